The number of guanidine groups is 1. The average Bonchev–Trinajstić information content (AvgIpc) is 2.83. The first-order chi connectivity index (χ1) is 16.5. The molecule has 2 rings (SSSR count). The summed E-state index contributed by atoms with van der Waals surface area (Å²) in [4.78, 5) is 8.48. The summed E-state index contributed by atoms with van der Waals surface area (Å²) in [5.74, 6) is 1.98. The van der Waals surface area contributed by atoms with Crippen molar-refractivity contribution in [1.29, 1.82) is 5.41 Å². The molecule has 0 amide bonds. The molecule has 1 unspecified atom stereocenters. The molecule has 0 bridgehead atoms. The average molecular weight is 472 g/mol. The summed E-state index contributed by atoms with van der Waals surface area (Å²) in [7, 11) is 0. The van der Waals surface area contributed by atoms with E-state index in [9.17, 15) is 0 Å². The van der Waals surface area contributed by atoms with Gasteiger partial charge in [0.2, 0.25) is 0 Å². The highest BCUT2D eigenvalue weighted by Gasteiger charge is 2.12. The summed E-state index contributed by atoms with van der Waals surface area (Å²) in [5.41, 5.74) is 18.4. The van der Waals surface area contributed by atoms with Gasteiger partial charge in [-0.05, 0) is 69.2 Å². The van der Waals surface area contributed by atoms with Crippen molar-refractivity contribution in [3.05, 3.63) is 29.8 Å². The molecule has 0 radical (unpaired) electrons. The zero-order valence-electron chi connectivity index (χ0n) is 20.7. The zero-order chi connectivity index (χ0) is 24.4. The molecule has 0 aliphatic carbocycles. The fourth-order valence-electron chi connectivity index (χ4n) is 3.93. The van der Waals surface area contributed by atoms with Gasteiger partial charge in [0.25, 0.3) is 0 Å². The van der Waals surface area contributed by atoms with Crippen LogP contribution in [0.1, 0.15) is 82.6 Å². The molecule has 0 saturated heterocycles. The van der Waals surface area contributed by atoms with Gasteiger partial charge in [-0.25, -0.2) is 0 Å². The Hall–Kier alpha value is -2.61. The van der Waals surface area contributed by atoms with Gasteiger partial charge in [0.1, 0.15) is 11.6 Å². The monoisotopic (exact) mass is 471 g/mol. The van der Waals surface area contributed by atoms with Gasteiger partial charge in [0, 0.05) is 30.4 Å². The maximum atomic E-state index is 8.16. The van der Waals surface area contributed by atoms with Crippen LogP contribution in [-0.2, 0) is 0 Å². The van der Waals surface area contributed by atoms with Crippen molar-refractivity contribution in [2.45, 2.75) is 83.1 Å². The predicted molar refractivity (Wildman–Crippen MR) is 143 cm³/mol. The highest BCUT2D eigenvalue weighted by molar-refractivity contribution is 5.99. The van der Waals surface area contributed by atoms with E-state index in [4.69, 9.17) is 27.3 Å². The number of nitrogens with two attached hydrogens (primary N) is 3. The third-order valence-corrected chi connectivity index (χ3v) is 5.97. The van der Waals surface area contributed by atoms with Crippen molar-refractivity contribution in [2.75, 3.05) is 26.2 Å². The highest BCUT2D eigenvalue weighted by Crippen LogP contribution is 2.15. The van der Waals surface area contributed by atoms with Crippen LogP contribution in [0.15, 0.2) is 34.3 Å². The van der Waals surface area contributed by atoms with E-state index < -0.39 is 0 Å². The Bertz CT molecular complexity index is 757. The van der Waals surface area contributed by atoms with Crippen molar-refractivity contribution in [3.8, 4) is 5.75 Å². The first-order valence-electron chi connectivity index (χ1n) is 12.9. The van der Waals surface area contributed by atoms with Gasteiger partial charge in [-0.2, -0.15) is 0 Å². The summed E-state index contributed by atoms with van der Waals surface area (Å²) in [5, 5.41) is 11.4. The summed E-state index contributed by atoms with van der Waals surface area (Å²) in [6.07, 6.45) is 13.4. The van der Waals surface area contributed by atoms with Crippen LogP contribution in [0.2, 0.25) is 0 Å². The van der Waals surface area contributed by atoms with E-state index in [0.717, 1.165) is 80.9 Å². The van der Waals surface area contributed by atoms with Gasteiger partial charge in [0.05, 0.1) is 13.2 Å². The molecular weight excluding hydrogens is 426 g/mol. The van der Waals surface area contributed by atoms with Gasteiger partial charge in [-0.1, -0.05) is 32.1 Å². The van der Waals surface area contributed by atoms with Crippen LogP contribution in [0.3, 0.4) is 0 Å². The normalized spacial score (nSPS) is 15.3. The van der Waals surface area contributed by atoms with E-state index in [1.165, 1.54) is 32.1 Å². The Morgan fingerprint density at radius 3 is 2.18 bits per heavy atom. The van der Waals surface area contributed by atoms with Gasteiger partial charge < -0.3 is 32.7 Å². The maximum absolute atomic E-state index is 8.16. The van der Waals surface area contributed by atoms with Crippen LogP contribution in [0, 0.1) is 5.41 Å². The minimum atomic E-state index is 0.102. The molecule has 8 heteroatoms. The lowest BCUT2D eigenvalue weighted by molar-refractivity contribution is 0.305. The molecule has 0 fully saturated rings. The molecule has 190 valence electrons. The van der Waals surface area contributed by atoms with Crippen LogP contribution in [0.4, 0.5) is 0 Å². The fraction of sp³-hybridized carbons (Fsp3) is 0.654. The Morgan fingerprint density at radius 1 is 0.941 bits per heavy atom. The van der Waals surface area contributed by atoms with Crippen molar-refractivity contribution in [1.82, 2.24) is 5.32 Å². The van der Waals surface area contributed by atoms with Crippen molar-refractivity contribution >= 4 is 17.5 Å². The van der Waals surface area contributed by atoms with E-state index in [1.807, 2.05) is 24.3 Å². The quantitative estimate of drug-likeness (QED) is 0.126. The van der Waals surface area contributed by atoms with Crippen molar-refractivity contribution < 1.29 is 4.74 Å². The van der Waals surface area contributed by atoms with Crippen LogP contribution >= 0.6 is 0 Å². The smallest absolute Gasteiger partial charge is 0.185 e. The first kappa shape index (κ1) is 27.6. The summed E-state index contributed by atoms with van der Waals surface area (Å²) >= 11 is 0. The molecule has 1 heterocycles. The molecule has 1 aliphatic heterocycles. The van der Waals surface area contributed by atoms with Gasteiger partial charge >= 0.3 is 0 Å². The molecule has 1 aromatic rings. The largest absolute Gasteiger partial charge is 0.494 e. The SMILES string of the molecule is N=C(CCCCCCCCCN=C(N)N)CCCCCOc1ccc(C2=NCC(N)CN2)cc1. The Kier molecular flexibility index (Phi) is 13.8. The second-order valence-electron chi connectivity index (χ2n) is 9.15. The third kappa shape index (κ3) is 12.6. The summed E-state index contributed by atoms with van der Waals surface area (Å²) < 4.78 is 5.86. The molecule has 8 nitrogen and oxygen atoms in total. The Labute approximate surface area is 205 Å². The van der Waals surface area contributed by atoms with Gasteiger partial charge in [-0.3, -0.25) is 9.98 Å². The minimum absolute atomic E-state index is 0.102. The number of hydrogen-bond acceptors (Lipinski definition) is 6. The molecule has 0 saturated carbocycles. The number of rotatable bonds is 18. The maximum Gasteiger partial charge on any atom is 0.185 e. The minimum Gasteiger partial charge on any atom is -0.494 e. The summed E-state index contributed by atoms with van der Waals surface area (Å²) in [6, 6.07) is 8.17. The first-order valence-corrected chi connectivity index (χ1v) is 12.9. The van der Waals surface area contributed by atoms with Crippen LogP contribution in [0.25, 0.3) is 0 Å². The molecule has 34 heavy (non-hydrogen) atoms. The molecule has 1 aromatic carbocycles. The number of amidine groups is 1. The van der Waals surface area contributed by atoms with Gasteiger partial charge in [-0.15, -0.1) is 0 Å². The molecule has 8 N–H and O–H groups in total. The van der Waals surface area contributed by atoms with E-state index in [1.54, 1.807) is 0 Å². The van der Waals surface area contributed by atoms with Crippen molar-refractivity contribution in [2.24, 2.45) is 27.2 Å². The highest BCUT2D eigenvalue weighted by atomic mass is 16.5. The zero-order valence-corrected chi connectivity index (χ0v) is 20.7. The predicted octanol–water partition coefficient (Wildman–Crippen LogP) is 3.72. The van der Waals surface area contributed by atoms with E-state index in [2.05, 4.69) is 15.3 Å². The number of ether oxygens (including phenoxy) is 1. The molecule has 0 aromatic heterocycles. The number of unbranched alkanes of at least 4 members (excludes halogenated alkanes) is 8. The fourth-order valence-corrected chi connectivity index (χ4v) is 3.93. The molecule has 1 aliphatic rings. The molecule has 0 spiro atoms. The van der Waals surface area contributed by atoms with Crippen molar-refractivity contribution in [3.63, 3.8) is 0 Å². The second kappa shape index (κ2) is 16.9. The third-order valence-electron chi connectivity index (χ3n) is 5.97. The number of nitrogens with one attached hydrogen (secondary N) is 2. The van der Waals surface area contributed by atoms with E-state index >= 15 is 0 Å². The van der Waals surface area contributed by atoms with E-state index in [-0.39, 0.29) is 12.0 Å². The van der Waals surface area contributed by atoms with E-state index in [0.29, 0.717) is 13.2 Å². The molecule has 1 atom stereocenters. The number of aliphatic imine (C=N–C) groups is 2. The number of benzene rings is 1. The molecular formula is C26H45N7O. The Balaban J connectivity index is 1.40. The van der Waals surface area contributed by atoms with Crippen LogP contribution < -0.4 is 27.3 Å². The lowest BCUT2D eigenvalue weighted by Crippen LogP contribution is -2.44. The Morgan fingerprint density at radius 2 is 1.56 bits per heavy atom. The standard InChI is InChI=1S/C26H45N7O/c27-22(11-7-4-2-1-3-5-9-17-31-26(29)30)12-8-6-10-18-34-24-15-13-21(14-16-24)25-32-19-23(28)20-33-25/h13-16,23,27H,1-12,17-20,28H2,(H,32,33)(H4,29,30,31). The topological polar surface area (TPSA) is 148 Å². The number of hydrogen-bond donors (Lipinski definition) is 5. The summed E-state index contributed by atoms with van der Waals surface area (Å²) in [6.45, 7) is 2.88. The number of nitrogens with zero attached hydrogens (tertiary/aromatic N) is 2. The lowest BCUT2D eigenvalue weighted by Gasteiger charge is -2.20. The van der Waals surface area contributed by atoms with Gasteiger partial charge in [0.15, 0.2) is 5.96 Å². The second-order valence-corrected chi connectivity index (χ2v) is 9.15. The lowest BCUT2D eigenvalue weighted by atomic mass is 10.0. The van der Waals surface area contributed by atoms with Crippen LogP contribution in [-0.4, -0.2) is 49.8 Å². The van der Waals surface area contributed by atoms with Crippen LogP contribution in [0.5, 0.6) is 5.75 Å².